The summed E-state index contributed by atoms with van der Waals surface area (Å²) in [5, 5.41) is 2.39. The number of anilines is 1. The van der Waals surface area contributed by atoms with E-state index in [-0.39, 0.29) is 6.61 Å². The smallest absolute Gasteiger partial charge is 0.338 e. The highest BCUT2D eigenvalue weighted by Gasteiger charge is 2.10. The van der Waals surface area contributed by atoms with Gasteiger partial charge < -0.3 is 15.2 Å². The molecule has 128 valence electrons. The van der Waals surface area contributed by atoms with Crippen LogP contribution in [-0.4, -0.2) is 23.0 Å². The van der Waals surface area contributed by atoms with Crippen LogP contribution >= 0.6 is 11.3 Å². The van der Waals surface area contributed by atoms with Crippen molar-refractivity contribution in [2.75, 3.05) is 12.8 Å². The van der Waals surface area contributed by atoms with Gasteiger partial charge in [0.25, 0.3) is 0 Å². The molecule has 6 nitrogen and oxygen atoms in total. The number of rotatable bonds is 5. The monoisotopic (exact) mass is 355 g/mol. The van der Waals surface area contributed by atoms with Gasteiger partial charge in [0, 0.05) is 28.8 Å². The number of esters is 1. The molecule has 7 heteroatoms. The average molecular weight is 355 g/mol. The lowest BCUT2D eigenvalue weighted by molar-refractivity contribution is 0.0467. The molecule has 0 aliphatic rings. The van der Waals surface area contributed by atoms with Crippen LogP contribution in [-0.2, 0) is 11.3 Å². The Bertz CT molecular complexity index is 891. The number of benzene rings is 1. The van der Waals surface area contributed by atoms with E-state index in [1.165, 1.54) is 11.3 Å². The van der Waals surface area contributed by atoms with Gasteiger partial charge >= 0.3 is 5.97 Å². The first-order chi connectivity index (χ1) is 12.0. The fourth-order valence-corrected chi connectivity index (χ4v) is 2.89. The topological polar surface area (TPSA) is 87.3 Å². The average Bonchev–Trinajstić information content (AvgIpc) is 3.05. The van der Waals surface area contributed by atoms with Crippen LogP contribution in [0.4, 0.5) is 5.13 Å². The van der Waals surface area contributed by atoms with E-state index in [1.54, 1.807) is 25.3 Å². The zero-order valence-electron chi connectivity index (χ0n) is 13.9. The molecule has 2 heterocycles. The largest absolute Gasteiger partial charge is 0.497 e. The van der Waals surface area contributed by atoms with Gasteiger partial charge in [0.2, 0.25) is 0 Å². The van der Waals surface area contributed by atoms with Crippen molar-refractivity contribution in [2.45, 2.75) is 13.5 Å². The molecule has 0 unspecified atom stereocenters. The van der Waals surface area contributed by atoms with Gasteiger partial charge in [0.15, 0.2) is 5.13 Å². The van der Waals surface area contributed by atoms with Crippen molar-refractivity contribution in [1.82, 2.24) is 9.97 Å². The molecule has 0 saturated carbocycles. The van der Waals surface area contributed by atoms with Gasteiger partial charge in [-0.05, 0) is 19.1 Å². The van der Waals surface area contributed by atoms with Crippen molar-refractivity contribution < 1.29 is 14.3 Å². The van der Waals surface area contributed by atoms with Crippen molar-refractivity contribution in [3.63, 3.8) is 0 Å². The summed E-state index contributed by atoms with van der Waals surface area (Å²) < 4.78 is 10.5. The highest BCUT2D eigenvalue weighted by molar-refractivity contribution is 7.13. The summed E-state index contributed by atoms with van der Waals surface area (Å²) in [6, 6.07) is 10.6. The zero-order valence-corrected chi connectivity index (χ0v) is 14.7. The van der Waals surface area contributed by atoms with Gasteiger partial charge in [-0.1, -0.05) is 12.1 Å². The molecule has 0 aliphatic heterocycles. The lowest BCUT2D eigenvalue weighted by atomic mass is 10.1. The molecule has 1 aromatic carbocycles. The van der Waals surface area contributed by atoms with Crippen LogP contribution in [0.2, 0.25) is 0 Å². The number of carbonyl (C=O) groups is 1. The quantitative estimate of drug-likeness (QED) is 0.705. The van der Waals surface area contributed by atoms with Crippen molar-refractivity contribution in [1.29, 1.82) is 0 Å². The van der Waals surface area contributed by atoms with Crippen LogP contribution in [0.5, 0.6) is 5.75 Å². The van der Waals surface area contributed by atoms with E-state index >= 15 is 0 Å². The molecule has 25 heavy (non-hydrogen) atoms. The van der Waals surface area contributed by atoms with Crippen LogP contribution in [0.1, 0.15) is 21.7 Å². The number of ether oxygens (including phenoxy) is 2. The summed E-state index contributed by atoms with van der Waals surface area (Å²) in [4.78, 5) is 20.7. The molecule has 0 amide bonds. The Morgan fingerprint density at radius 3 is 2.60 bits per heavy atom. The summed E-state index contributed by atoms with van der Waals surface area (Å²) in [6.07, 6.45) is 0. The molecule has 0 fully saturated rings. The second-order valence-corrected chi connectivity index (χ2v) is 6.25. The summed E-state index contributed by atoms with van der Waals surface area (Å²) >= 11 is 1.38. The predicted octanol–water partition coefficient (Wildman–Crippen LogP) is 3.46. The Labute approximate surface area is 149 Å². The Morgan fingerprint density at radius 1 is 1.20 bits per heavy atom. The molecule has 2 aromatic heterocycles. The van der Waals surface area contributed by atoms with E-state index in [2.05, 4.69) is 9.97 Å². The minimum Gasteiger partial charge on any atom is -0.497 e. The van der Waals surface area contributed by atoms with Crippen molar-refractivity contribution in [3.8, 4) is 17.0 Å². The molecule has 3 aromatic rings. The van der Waals surface area contributed by atoms with Crippen LogP contribution in [0.15, 0.2) is 41.8 Å². The van der Waals surface area contributed by atoms with E-state index in [4.69, 9.17) is 15.2 Å². The Hall–Kier alpha value is -2.93. The molecule has 0 spiro atoms. The SMILES string of the molecule is COc1cc(C)nc(COC(=O)c2ccc(-c3csc(N)n3)cc2)c1. The third-order valence-electron chi connectivity index (χ3n) is 3.51. The highest BCUT2D eigenvalue weighted by Crippen LogP contribution is 2.23. The maximum absolute atomic E-state index is 12.2. The van der Waals surface area contributed by atoms with E-state index in [0.29, 0.717) is 22.1 Å². The Balaban J connectivity index is 1.66. The molecule has 0 radical (unpaired) electrons. The Morgan fingerprint density at radius 2 is 1.96 bits per heavy atom. The number of aryl methyl sites for hydroxylation is 1. The number of nitrogens with two attached hydrogens (primary N) is 1. The molecule has 0 aliphatic carbocycles. The maximum Gasteiger partial charge on any atom is 0.338 e. The van der Waals surface area contributed by atoms with Gasteiger partial charge in [-0.15, -0.1) is 11.3 Å². The summed E-state index contributed by atoms with van der Waals surface area (Å²) in [6.45, 7) is 1.94. The van der Waals surface area contributed by atoms with E-state index in [0.717, 1.165) is 17.0 Å². The third kappa shape index (κ3) is 4.13. The number of carbonyl (C=O) groups excluding carboxylic acids is 1. The minimum atomic E-state index is -0.411. The molecule has 2 N–H and O–H groups in total. The molecule has 0 atom stereocenters. The fraction of sp³-hybridized carbons (Fsp3) is 0.167. The summed E-state index contributed by atoms with van der Waals surface area (Å²) in [7, 11) is 1.59. The molecular weight excluding hydrogens is 338 g/mol. The number of nitrogen functional groups attached to an aromatic ring is 1. The number of thiazole rings is 1. The zero-order chi connectivity index (χ0) is 17.8. The van der Waals surface area contributed by atoms with Crippen LogP contribution in [0.25, 0.3) is 11.3 Å². The van der Waals surface area contributed by atoms with Crippen LogP contribution < -0.4 is 10.5 Å². The second kappa shape index (κ2) is 7.31. The summed E-state index contributed by atoms with van der Waals surface area (Å²) in [5.41, 5.74) is 9.23. The molecule has 3 rings (SSSR count). The van der Waals surface area contributed by atoms with Gasteiger partial charge in [-0.2, -0.15) is 0 Å². The number of pyridine rings is 1. The van der Waals surface area contributed by atoms with Crippen molar-refractivity contribution >= 4 is 22.4 Å². The fourth-order valence-electron chi connectivity index (χ4n) is 2.31. The maximum atomic E-state index is 12.2. The number of hydrogen-bond donors (Lipinski definition) is 1. The van der Waals surface area contributed by atoms with Crippen molar-refractivity contribution in [3.05, 3.63) is 58.7 Å². The Kier molecular flexibility index (Phi) is 4.95. The number of methoxy groups -OCH3 is 1. The number of nitrogens with zero attached hydrogens (tertiary/aromatic N) is 2. The predicted molar refractivity (Wildman–Crippen MR) is 96.6 cm³/mol. The first kappa shape index (κ1) is 16.9. The summed E-state index contributed by atoms with van der Waals surface area (Å²) in [5.74, 6) is 0.275. The standard InChI is InChI=1S/C18H17N3O3S/c1-11-7-15(23-2)8-14(20-11)9-24-17(22)13-5-3-12(4-6-13)16-10-25-18(19)21-16/h3-8,10H,9H2,1-2H3,(H2,19,21). The molecular formula is C18H17N3O3S. The molecule has 0 saturated heterocycles. The van der Waals surface area contributed by atoms with Crippen LogP contribution in [0, 0.1) is 6.92 Å². The first-order valence-corrected chi connectivity index (χ1v) is 8.43. The van der Waals surface area contributed by atoms with Crippen molar-refractivity contribution in [2.24, 2.45) is 0 Å². The van der Waals surface area contributed by atoms with Gasteiger partial charge in [-0.3, -0.25) is 4.98 Å². The third-order valence-corrected chi connectivity index (χ3v) is 4.18. The van der Waals surface area contributed by atoms with Gasteiger partial charge in [0.05, 0.1) is 24.1 Å². The first-order valence-electron chi connectivity index (χ1n) is 7.55. The lowest BCUT2D eigenvalue weighted by Gasteiger charge is -2.08. The van der Waals surface area contributed by atoms with E-state index < -0.39 is 5.97 Å². The lowest BCUT2D eigenvalue weighted by Crippen LogP contribution is -2.06. The minimum absolute atomic E-state index is 0.0846. The number of hydrogen-bond acceptors (Lipinski definition) is 7. The van der Waals surface area contributed by atoms with Gasteiger partial charge in [0.1, 0.15) is 12.4 Å². The normalized spacial score (nSPS) is 10.5. The van der Waals surface area contributed by atoms with Crippen LogP contribution in [0.3, 0.4) is 0 Å². The van der Waals surface area contributed by atoms with Gasteiger partial charge in [-0.25, -0.2) is 9.78 Å². The van der Waals surface area contributed by atoms with E-state index in [9.17, 15) is 4.79 Å². The molecule has 0 bridgehead atoms. The second-order valence-electron chi connectivity index (χ2n) is 5.36. The number of aromatic nitrogens is 2. The van der Waals surface area contributed by atoms with E-state index in [1.807, 2.05) is 30.5 Å². The highest BCUT2D eigenvalue weighted by atomic mass is 32.1.